The molecule has 0 saturated heterocycles. The Labute approximate surface area is 89.6 Å². The monoisotopic (exact) mass is 202 g/mol. The molecule has 1 aromatic rings. The lowest BCUT2D eigenvalue weighted by atomic mass is 9.92. The molecule has 1 aromatic carbocycles. The summed E-state index contributed by atoms with van der Waals surface area (Å²) >= 11 is 0. The van der Waals surface area contributed by atoms with E-state index in [1.54, 1.807) is 6.08 Å². The minimum absolute atomic E-state index is 0.214. The molecule has 15 heavy (non-hydrogen) atoms. The van der Waals surface area contributed by atoms with Crippen LogP contribution in [0, 0.1) is 0 Å². The first-order chi connectivity index (χ1) is 7.34. The molecular formula is C13H14O2. The quantitative estimate of drug-likeness (QED) is 0.556. The molecule has 0 heterocycles. The number of esters is 1. The van der Waals surface area contributed by atoms with Gasteiger partial charge in [-0.3, -0.25) is 0 Å². The van der Waals surface area contributed by atoms with Crippen LogP contribution in [0.15, 0.2) is 42.0 Å². The molecule has 0 spiro atoms. The maximum Gasteiger partial charge on any atom is 0.331 e. The van der Waals surface area contributed by atoms with Crippen LogP contribution in [0.25, 0.3) is 0 Å². The Bertz CT molecular complexity index is 359. The van der Waals surface area contributed by atoms with Gasteiger partial charge in [0, 0.05) is 6.08 Å². The van der Waals surface area contributed by atoms with Crippen LogP contribution in [-0.4, -0.2) is 5.97 Å². The molecule has 0 aromatic heterocycles. The van der Waals surface area contributed by atoms with Gasteiger partial charge in [-0.05, 0) is 24.8 Å². The van der Waals surface area contributed by atoms with Crippen molar-refractivity contribution in [2.75, 3.05) is 0 Å². The Hall–Kier alpha value is -1.57. The minimum atomic E-state index is -0.214. The van der Waals surface area contributed by atoms with Crippen LogP contribution in [0.5, 0.6) is 0 Å². The number of ether oxygens (including phenoxy) is 1. The SMILES string of the molecule is O=C(C=C1CCC1)OCc1ccccc1. The zero-order valence-corrected chi connectivity index (χ0v) is 8.61. The maximum atomic E-state index is 11.3. The molecule has 78 valence electrons. The highest BCUT2D eigenvalue weighted by Crippen LogP contribution is 2.24. The second-order valence-electron chi connectivity index (χ2n) is 3.75. The first-order valence-electron chi connectivity index (χ1n) is 5.25. The summed E-state index contributed by atoms with van der Waals surface area (Å²) in [6.07, 6.45) is 4.95. The standard InChI is InChI=1S/C13H14O2/c14-13(9-11-7-4-8-11)15-10-12-5-2-1-3-6-12/h1-3,5-6,9H,4,7-8,10H2. The van der Waals surface area contributed by atoms with Gasteiger partial charge >= 0.3 is 5.97 Å². The Morgan fingerprint density at radius 2 is 2.00 bits per heavy atom. The molecule has 0 N–H and O–H groups in total. The van der Waals surface area contributed by atoms with E-state index in [0.29, 0.717) is 6.61 Å². The van der Waals surface area contributed by atoms with Crippen molar-refractivity contribution in [3.05, 3.63) is 47.5 Å². The van der Waals surface area contributed by atoms with Gasteiger partial charge in [0.05, 0.1) is 0 Å². The zero-order valence-electron chi connectivity index (χ0n) is 8.61. The fourth-order valence-electron chi connectivity index (χ4n) is 1.46. The van der Waals surface area contributed by atoms with Crippen molar-refractivity contribution in [1.29, 1.82) is 0 Å². The molecular weight excluding hydrogens is 188 g/mol. The predicted molar refractivity (Wildman–Crippen MR) is 58.2 cm³/mol. The number of hydrogen-bond donors (Lipinski definition) is 0. The highest BCUT2D eigenvalue weighted by Gasteiger charge is 2.10. The third kappa shape index (κ3) is 2.94. The fourth-order valence-corrected chi connectivity index (χ4v) is 1.46. The maximum absolute atomic E-state index is 11.3. The van der Waals surface area contributed by atoms with Crippen LogP contribution < -0.4 is 0 Å². The minimum Gasteiger partial charge on any atom is -0.458 e. The second kappa shape index (κ2) is 4.78. The van der Waals surface area contributed by atoms with Gasteiger partial charge in [0.1, 0.15) is 6.61 Å². The summed E-state index contributed by atoms with van der Waals surface area (Å²) in [6.45, 7) is 0.365. The lowest BCUT2D eigenvalue weighted by molar-refractivity contribution is -0.139. The number of carbonyl (C=O) groups excluding carboxylic acids is 1. The predicted octanol–water partition coefficient (Wildman–Crippen LogP) is 2.84. The molecule has 2 heteroatoms. The number of allylic oxidation sites excluding steroid dienone is 1. The van der Waals surface area contributed by atoms with Gasteiger partial charge in [0.15, 0.2) is 0 Å². The highest BCUT2D eigenvalue weighted by molar-refractivity contribution is 5.83. The smallest absolute Gasteiger partial charge is 0.331 e. The van der Waals surface area contributed by atoms with E-state index in [1.165, 1.54) is 12.0 Å². The normalized spacial score (nSPS) is 14.3. The molecule has 1 aliphatic carbocycles. The third-order valence-corrected chi connectivity index (χ3v) is 2.54. The summed E-state index contributed by atoms with van der Waals surface area (Å²) in [4.78, 5) is 11.3. The average molecular weight is 202 g/mol. The van der Waals surface area contributed by atoms with Crippen LogP contribution >= 0.6 is 0 Å². The van der Waals surface area contributed by atoms with Crippen LogP contribution in [0.1, 0.15) is 24.8 Å². The van der Waals surface area contributed by atoms with Gasteiger partial charge in [-0.15, -0.1) is 0 Å². The van der Waals surface area contributed by atoms with Crippen molar-refractivity contribution in [1.82, 2.24) is 0 Å². The van der Waals surface area contributed by atoms with Crippen LogP contribution in [0.2, 0.25) is 0 Å². The van der Waals surface area contributed by atoms with Crippen molar-refractivity contribution in [2.24, 2.45) is 0 Å². The largest absolute Gasteiger partial charge is 0.458 e. The van der Waals surface area contributed by atoms with Crippen molar-refractivity contribution >= 4 is 5.97 Å². The van der Waals surface area contributed by atoms with Gasteiger partial charge in [0.2, 0.25) is 0 Å². The third-order valence-electron chi connectivity index (χ3n) is 2.54. The Morgan fingerprint density at radius 1 is 1.27 bits per heavy atom. The van der Waals surface area contributed by atoms with Gasteiger partial charge in [-0.1, -0.05) is 35.9 Å². The lowest BCUT2D eigenvalue weighted by Gasteiger charge is -2.15. The van der Waals surface area contributed by atoms with Gasteiger partial charge in [0.25, 0.3) is 0 Å². The molecule has 0 atom stereocenters. The summed E-state index contributed by atoms with van der Waals surface area (Å²) in [6, 6.07) is 9.72. The molecule has 1 fully saturated rings. The molecule has 2 nitrogen and oxygen atoms in total. The first-order valence-corrected chi connectivity index (χ1v) is 5.25. The van der Waals surface area contributed by atoms with Crippen LogP contribution in [-0.2, 0) is 16.1 Å². The lowest BCUT2D eigenvalue weighted by Crippen LogP contribution is -2.05. The van der Waals surface area contributed by atoms with E-state index >= 15 is 0 Å². The van der Waals surface area contributed by atoms with Gasteiger partial charge in [-0.25, -0.2) is 4.79 Å². The summed E-state index contributed by atoms with van der Waals surface area (Å²) < 4.78 is 5.12. The van der Waals surface area contributed by atoms with Crippen LogP contribution in [0.4, 0.5) is 0 Å². The number of rotatable bonds is 3. The zero-order chi connectivity index (χ0) is 10.5. The number of hydrogen-bond acceptors (Lipinski definition) is 2. The van der Waals surface area contributed by atoms with E-state index in [-0.39, 0.29) is 5.97 Å². The van der Waals surface area contributed by atoms with E-state index in [2.05, 4.69) is 0 Å². The molecule has 1 saturated carbocycles. The molecule has 0 amide bonds. The molecule has 0 bridgehead atoms. The summed E-state index contributed by atoms with van der Waals surface area (Å²) in [5, 5.41) is 0. The second-order valence-corrected chi connectivity index (χ2v) is 3.75. The summed E-state index contributed by atoms with van der Waals surface area (Å²) in [5.74, 6) is -0.214. The molecule has 0 aliphatic heterocycles. The fraction of sp³-hybridized carbons (Fsp3) is 0.308. The van der Waals surface area contributed by atoms with Crippen molar-refractivity contribution in [3.8, 4) is 0 Å². The Balaban J connectivity index is 1.80. The molecule has 0 unspecified atom stereocenters. The summed E-state index contributed by atoms with van der Waals surface area (Å²) in [7, 11) is 0. The molecule has 0 radical (unpaired) electrons. The average Bonchev–Trinajstić information content (AvgIpc) is 2.22. The highest BCUT2D eigenvalue weighted by atomic mass is 16.5. The number of benzene rings is 1. The van der Waals surface area contributed by atoms with Crippen molar-refractivity contribution in [3.63, 3.8) is 0 Å². The molecule has 1 aliphatic rings. The van der Waals surface area contributed by atoms with E-state index < -0.39 is 0 Å². The molecule has 2 rings (SSSR count). The van der Waals surface area contributed by atoms with Gasteiger partial charge in [-0.2, -0.15) is 0 Å². The van der Waals surface area contributed by atoms with E-state index in [4.69, 9.17) is 4.74 Å². The first kappa shape index (κ1) is 9.97. The summed E-state index contributed by atoms with van der Waals surface area (Å²) in [5.41, 5.74) is 2.24. The van der Waals surface area contributed by atoms with Crippen molar-refractivity contribution in [2.45, 2.75) is 25.9 Å². The van der Waals surface area contributed by atoms with E-state index in [9.17, 15) is 4.79 Å². The number of carbonyl (C=O) groups is 1. The van der Waals surface area contributed by atoms with Gasteiger partial charge < -0.3 is 4.74 Å². The Morgan fingerprint density at radius 3 is 2.60 bits per heavy atom. The topological polar surface area (TPSA) is 26.3 Å². The Kier molecular flexibility index (Phi) is 3.18. The van der Waals surface area contributed by atoms with Crippen LogP contribution in [0.3, 0.4) is 0 Å². The van der Waals surface area contributed by atoms with E-state index in [0.717, 1.165) is 18.4 Å². The van der Waals surface area contributed by atoms with Crippen molar-refractivity contribution < 1.29 is 9.53 Å². The van der Waals surface area contributed by atoms with E-state index in [1.807, 2.05) is 30.3 Å².